The Morgan fingerprint density at radius 3 is 2.17 bits per heavy atom. The van der Waals surface area contributed by atoms with Crippen LogP contribution in [0, 0.1) is 0 Å². The minimum atomic E-state index is -0.445. The quantitative estimate of drug-likeness (QED) is 0.815. The second-order valence-corrected chi connectivity index (χ2v) is 6.66. The predicted molar refractivity (Wildman–Crippen MR) is 89.7 cm³/mol. The van der Waals surface area contributed by atoms with Crippen molar-refractivity contribution in [3.05, 3.63) is 36.7 Å². The molecule has 1 saturated heterocycles. The summed E-state index contributed by atoms with van der Waals surface area (Å²) in [5.41, 5.74) is 0.979. The molecule has 1 aromatic carbocycles. The standard InChI is InChI=1S/C17H21BN2O3/c1-16(2)17(3,4)23-18(22-16)13-10-19-15(20-11-13)12-7-6-8-14(9-12)21-5/h6-11H,1-5H3. The highest BCUT2D eigenvalue weighted by atomic mass is 16.7. The Morgan fingerprint density at radius 2 is 1.61 bits per heavy atom. The second kappa shape index (κ2) is 5.62. The number of aromatic nitrogens is 2. The zero-order chi connectivity index (χ0) is 16.7. The van der Waals surface area contributed by atoms with Gasteiger partial charge in [0.05, 0.1) is 18.3 Å². The van der Waals surface area contributed by atoms with Crippen molar-refractivity contribution in [2.24, 2.45) is 0 Å². The summed E-state index contributed by atoms with van der Waals surface area (Å²) in [4.78, 5) is 8.88. The third kappa shape index (κ3) is 2.96. The Kier molecular flexibility index (Phi) is 3.90. The lowest BCUT2D eigenvalue weighted by Gasteiger charge is -2.32. The highest BCUT2D eigenvalue weighted by Gasteiger charge is 2.51. The van der Waals surface area contributed by atoms with E-state index < -0.39 is 7.12 Å². The van der Waals surface area contributed by atoms with Gasteiger partial charge in [0.1, 0.15) is 5.75 Å². The number of methoxy groups -OCH3 is 1. The average molecular weight is 312 g/mol. The van der Waals surface area contributed by atoms with Gasteiger partial charge in [-0.05, 0) is 39.8 Å². The number of benzene rings is 1. The van der Waals surface area contributed by atoms with Crippen molar-refractivity contribution in [2.75, 3.05) is 7.11 Å². The summed E-state index contributed by atoms with van der Waals surface area (Å²) in [6.07, 6.45) is 3.51. The normalized spacial score (nSPS) is 18.9. The van der Waals surface area contributed by atoms with Crippen molar-refractivity contribution in [1.82, 2.24) is 9.97 Å². The van der Waals surface area contributed by atoms with Crippen LogP contribution < -0.4 is 10.2 Å². The summed E-state index contributed by atoms with van der Waals surface area (Å²) in [6, 6.07) is 7.66. The van der Waals surface area contributed by atoms with Crippen molar-refractivity contribution < 1.29 is 14.0 Å². The van der Waals surface area contributed by atoms with E-state index in [9.17, 15) is 0 Å². The van der Waals surface area contributed by atoms with Gasteiger partial charge >= 0.3 is 7.12 Å². The second-order valence-electron chi connectivity index (χ2n) is 6.66. The fraction of sp³-hybridized carbons (Fsp3) is 0.412. The molecule has 0 aliphatic carbocycles. The van der Waals surface area contributed by atoms with Gasteiger partial charge in [0.15, 0.2) is 5.82 Å². The number of hydrogen-bond donors (Lipinski definition) is 0. The van der Waals surface area contributed by atoms with Gasteiger partial charge in [-0.15, -0.1) is 0 Å². The van der Waals surface area contributed by atoms with E-state index in [4.69, 9.17) is 14.0 Å². The van der Waals surface area contributed by atoms with Crippen LogP contribution in [-0.4, -0.2) is 35.4 Å². The Bertz CT molecular complexity index is 685. The van der Waals surface area contributed by atoms with E-state index in [1.165, 1.54) is 0 Å². The van der Waals surface area contributed by atoms with Crippen LogP contribution in [0.15, 0.2) is 36.7 Å². The van der Waals surface area contributed by atoms with Gasteiger partial charge in [-0.2, -0.15) is 0 Å². The Balaban J connectivity index is 1.83. The Morgan fingerprint density at radius 1 is 1.00 bits per heavy atom. The van der Waals surface area contributed by atoms with Crippen LogP contribution in [0.3, 0.4) is 0 Å². The van der Waals surface area contributed by atoms with E-state index in [1.807, 2.05) is 52.0 Å². The molecule has 5 nitrogen and oxygen atoms in total. The first-order valence-electron chi connectivity index (χ1n) is 7.64. The lowest BCUT2D eigenvalue weighted by Crippen LogP contribution is -2.41. The molecule has 0 radical (unpaired) electrons. The first-order chi connectivity index (χ1) is 10.8. The van der Waals surface area contributed by atoms with Gasteiger partial charge in [0.2, 0.25) is 0 Å². The molecule has 23 heavy (non-hydrogen) atoms. The topological polar surface area (TPSA) is 53.5 Å². The monoisotopic (exact) mass is 312 g/mol. The first-order valence-corrected chi connectivity index (χ1v) is 7.64. The zero-order valence-corrected chi connectivity index (χ0v) is 14.2. The molecule has 0 spiro atoms. The number of ether oxygens (including phenoxy) is 1. The van der Waals surface area contributed by atoms with Crippen LogP contribution in [0.25, 0.3) is 11.4 Å². The maximum atomic E-state index is 6.01. The zero-order valence-electron chi connectivity index (χ0n) is 14.2. The highest BCUT2D eigenvalue weighted by molar-refractivity contribution is 6.61. The van der Waals surface area contributed by atoms with E-state index in [1.54, 1.807) is 19.5 Å². The summed E-state index contributed by atoms with van der Waals surface area (Å²) < 4.78 is 17.3. The van der Waals surface area contributed by atoms with Crippen molar-refractivity contribution in [3.63, 3.8) is 0 Å². The van der Waals surface area contributed by atoms with Crippen LogP contribution in [0.1, 0.15) is 27.7 Å². The highest BCUT2D eigenvalue weighted by Crippen LogP contribution is 2.36. The summed E-state index contributed by atoms with van der Waals surface area (Å²) in [6.45, 7) is 8.11. The van der Waals surface area contributed by atoms with Gasteiger partial charge in [-0.1, -0.05) is 12.1 Å². The molecule has 1 aliphatic rings. The largest absolute Gasteiger partial charge is 0.498 e. The summed E-state index contributed by atoms with van der Waals surface area (Å²) >= 11 is 0. The molecule has 2 aromatic rings. The van der Waals surface area contributed by atoms with Gasteiger partial charge in [-0.25, -0.2) is 9.97 Å². The molecule has 0 amide bonds. The molecule has 1 fully saturated rings. The average Bonchev–Trinajstić information content (AvgIpc) is 2.76. The van der Waals surface area contributed by atoms with Gasteiger partial charge in [0.25, 0.3) is 0 Å². The number of nitrogens with zero attached hydrogens (tertiary/aromatic N) is 2. The molecule has 3 rings (SSSR count). The molecule has 120 valence electrons. The molecule has 0 atom stereocenters. The molecule has 0 bridgehead atoms. The first kappa shape index (κ1) is 16.0. The number of rotatable bonds is 3. The van der Waals surface area contributed by atoms with Crippen LogP contribution in [0.2, 0.25) is 0 Å². The van der Waals surface area contributed by atoms with Gasteiger partial charge in [-0.3, -0.25) is 0 Å². The minimum absolute atomic E-state index is 0.372. The molecule has 0 saturated carbocycles. The molecule has 0 N–H and O–H groups in total. The van der Waals surface area contributed by atoms with Crippen LogP contribution in [0.4, 0.5) is 0 Å². The Hall–Kier alpha value is -1.92. The van der Waals surface area contributed by atoms with Crippen molar-refractivity contribution >= 4 is 12.6 Å². The minimum Gasteiger partial charge on any atom is -0.497 e. The van der Waals surface area contributed by atoms with Crippen LogP contribution in [-0.2, 0) is 9.31 Å². The number of hydrogen-bond acceptors (Lipinski definition) is 5. The SMILES string of the molecule is COc1cccc(-c2ncc(B3OC(C)(C)C(C)(C)O3)cn2)c1. The van der Waals surface area contributed by atoms with Crippen molar-refractivity contribution in [2.45, 2.75) is 38.9 Å². The third-order valence-corrected chi connectivity index (χ3v) is 4.53. The van der Waals surface area contributed by atoms with Crippen LogP contribution in [0.5, 0.6) is 5.75 Å². The summed E-state index contributed by atoms with van der Waals surface area (Å²) in [7, 11) is 1.20. The predicted octanol–water partition coefficient (Wildman–Crippen LogP) is 2.45. The molecule has 6 heteroatoms. The third-order valence-electron chi connectivity index (χ3n) is 4.53. The lowest BCUT2D eigenvalue weighted by atomic mass is 9.81. The summed E-state index contributed by atoms with van der Waals surface area (Å²) in [5, 5.41) is 0. The van der Waals surface area contributed by atoms with Crippen molar-refractivity contribution in [1.29, 1.82) is 0 Å². The lowest BCUT2D eigenvalue weighted by molar-refractivity contribution is 0.00578. The molecule has 0 unspecified atom stereocenters. The molecule has 2 heterocycles. The maximum absolute atomic E-state index is 6.01. The van der Waals surface area contributed by atoms with E-state index in [2.05, 4.69) is 9.97 Å². The molecular weight excluding hydrogens is 291 g/mol. The van der Waals surface area contributed by atoms with E-state index in [0.29, 0.717) is 5.82 Å². The van der Waals surface area contributed by atoms with E-state index >= 15 is 0 Å². The summed E-state index contributed by atoms with van der Waals surface area (Å²) in [5.74, 6) is 1.42. The fourth-order valence-electron chi connectivity index (χ4n) is 2.35. The van der Waals surface area contributed by atoms with Gasteiger partial charge < -0.3 is 14.0 Å². The van der Waals surface area contributed by atoms with Crippen molar-refractivity contribution in [3.8, 4) is 17.1 Å². The molecule has 1 aliphatic heterocycles. The smallest absolute Gasteiger partial charge is 0.497 e. The van der Waals surface area contributed by atoms with Crippen LogP contribution >= 0.6 is 0 Å². The van der Waals surface area contributed by atoms with E-state index in [-0.39, 0.29) is 11.2 Å². The fourth-order valence-corrected chi connectivity index (χ4v) is 2.35. The molecule has 1 aromatic heterocycles. The van der Waals surface area contributed by atoms with E-state index in [0.717, 1.165) is 16.8 Å². The molecular formula is C17H21BN2O3. The maximum Gasteiger partial charge on any atom is 0.498 e. The van der Waals surface area contributed by atoms with Gasteiger partial charge in [0, 0.05) is 23.4 Å². The Labute approximate surface area is 137 Å².